The second-order valence-electron chi connectivity index (χ2n) is 3.43. The summed E-state index contributed by atoms with van der Waals surface area (Å²) < 4.78 is 0. The summed E-state index contributed by atoms with van der Waals surface area (Å²) in [4.78, 5) is 10.5. The third-order valence-corrected chi connectivity index (χ3v) is 1.91. The number of hydrogen-bond donors (Lipinski definition) is 0. The Labute approximate surface area is 90.7 Å². The molecular formula is C14H16O. The molecule has 0 aliphatic rings. The first-order valence-electron chi connectivity index (χ1n) is 5.25. The molecule has 0 radical (unpaired) electrons. The second kappa shape index (κ2) is 5.97. The minimum Gasteiger partial charge on any atom is -0.298 e. The molecule has 2 aromatic carbocycles. The molecule has 1 heteroatoms. The lowest BCUT2D eigenvalue weighted by Crippen LogP contribution is -1.78. The molecule has 78 valence electrons. The number of benzene rings is 2. The fourth-order valence-electron chi connectivity index (χ4n) is 1.28. The van der Waals surface area contributed by atoms with E-state index in [2.05, 4.69) is 13.8 Å². The van der Waals surface area contributed by atoms with Gasteiger partial charge in [-0.05, 0) is 16.8 Å². The van der Waals surface area contributed by atoms with Crippen LogP contribution in [0.1, 0.15) is 30.6 Å². The Kier molecular flexibility index (Phi) is 4.55. The van der Waals surface area contributed by atoms with Crippen molar-refractivity contribution >= 4 is 17.1 Å². The highest BCUT2D eigenvalue weighted by molar-refractivity contribution is 5.88. The van der Waals surface area contributed by atoms with E-state index in [-0.39, 0.29) is 0 Å². The highest BCUT2D eigenvalue weighted by atomic mass is 16.1. The van der Waals surface area contributed by atoms with Crippen LogP contribution in [-0.4, -0.2) is 6.29 Å². The van der Waals surface area contributed by atoms with E-state index in [9.17, 15) is 4.79 Å². The van der Waals surface area contributed by atoms with E-state index < -0.39 is 0 Å². The van der Waals surface area contributed by atoms with Crippen molar-refractivity contribution in [3.8, 4) is 0 Å². The molecule has 2 rings (SSSR count). The van der Waals surface area contributed by atoms with Gasteiger partial charge in [0.2, 0.25) is 0 Å². The second-order valence-corrected chi connectivity index (χ2v) is 3.43. The molecule has 2 aromatic rings. The smallest absolute Gasteiger partial charge is 0.150 e. The van der Waals surface area contributed by atoms with Crippen LogP contribution in [0, 0.1) is 0 Å². The first kappa shape index (κ1) is 11.4. The first-order valence-corrected chi connectivity index (χ1v) is 5.25. The third kappa shape index (κ3) is 3.21. The van der Waals surface area contributed by atoms with Crippen LogP contribution >= 0.6 is 0 Å². The molecule has 0 aliphatic heterocycles. The van der Waals surface area contributed by atoms with Crippen LogP contribution in [0.4, 0.5) is 0 Å². The normalized spacial score (nSPS) is 9.20. The Balaban J connectivity index is 0.000000337. The Bertz CT molecular complexity index is 432. The summed E-state index contributed by atoms with van der Waals surface area (Å²) in [5, 5.41) is 2.28. The molecule has 0 amide bonds. The fraction of sp³-hybridized carbons (Fsp3) is 0.214. The summed E-state index contributed by atoms with van der Waals surface area (Å²) in [6.07, 6.45) is 2.12. The lowest BCUT2D eigenvalue weighted by Gasteiger charge is -1.96. The van der Waals surface area contributed by atoms with Gasteiger partial charge in [-0.3, -0.25) is 4.79 Å². The number of fused-ring (bicyclic) bond motifs is 1. The molecule has 0 unspecified atom stereocenters. The van der Waals surface area contributed by atoms with Crippen LogP contribution in [0.3, 0.4) is 0 Å². The maximum absolute atomic E-state index is 10.5. The van der Waals surface area contributed by atoms with Crippen LogP contribution < -0.4 is 0 Å². The Morgan fingerprint density at radius 2 is 1.60 bits per heavy atom. The van der Waals surface area contributed by atoms with Crippen molar-refractivity contribution in [1.29, 1.82) is 0 Å². The molecule has 15 heavy (non-hydrogen) atoms. The largest absolute Gasteiger partial charge is 0.298 e. The Hall–Kier alpha value is -1.63. The van der Waals surface area contributed by atoms with Gasteiger partial charge in [-0.25, -0.2) is 0 Å². The van der Waals surface area contributed by atoms with E-state index in [0.29, 0.717) is 0 Å². The lowest BCUT2D eigenvalue weighted by atomic mass is 10.1. The SMILES string of the molecule is CCC.O=Cc1ccc2ccccc2c1. The number of carbonyl (C=O) groups is 1. The zero-order valence-electron chi connectivity index (χ0n) is 9.23. The molecule has 1 nitrogen and oxygen atoms in total. The number of rotatable bonds is 1. The van der Waals surface area contributed by atoms with Gasteiger partial charge in [0.05, 0.1) is 0 Å². The van der Waals surface area contributed by atoms with Crippen molar-refractivity contribution in [3.05, 3.63) is 48.0 Å². The number of hydrogen-bond acceptors (Lipinski definition) is 1. The van der Waals surface area contributed by atoms with E-state index in [1.807, 2.05) is 42.5 Å². The van der Waals surface area contributed by atoms with Crippen molar-refractivity contribution in [1.82, 2.24) is 0 Å². The molecule has 0 saturated carbocycles. The fourth-order valence-corrected chi connectivity index (χ4v) is 1.28. The maximum atomic E-state index is 10.5. The average Bonchev–Trinajstić information content (AvgIpc) is 2.29. The summed E-state index contributed by atoms with van der Waals surface area (Å²) in [5.74, 6) is 0. The van der Waals surface area contributed by atoms with Crippen molar-refractivity contribution in [2.75, 3.05) is 0 Å². The van der Waals surface area contributed by atoms with Gasteiger partial charge < -0.3 is 0 Å². The van der Waals surface area contributed by atoms with Gasteiger partial charge in [0.1, 0.15) is 6.29 Å². The van der Waals surface area contributed by atoms with Crippen LogP contribution in [0.25, 0.3) is 10.8 Å². The minimum atomic E-state index is 0.730. The van der Waals surface area contributed by atoms with E-state index in [1.54, 1.807) is 0 Å². The molecule has 0 N–H and O–H groups in total. The Morgan fingerprint density at radius 3 is 2.20 bits per heavy atom. The number of carbonyl (C=O) groups excluding carboxylic acids is 1. The van der Waals surface area contributed by atoms with Gasteiger partial charge in [-0.1, -0.05) is 56.7 Å². The predicted molar refractivity (Wildman–Crippen MR) is 65.3 cm³/mol. The van der Waals surface area contributed by atoms with E-state index in [4.69, 9.17) is 0 Å². The highest BCUT2D eigenvalue weighted by Gasteiger charge is 1.92. The summed E-state index contributed by atoms with van der Waals surface area (Å²) in [6, 6.07) is 13.7. The van der Waals surface area contributed by atoms with Crippen LogP contribution in [-0.2, 0) is 0 Å². The molecule has 0 aliphatic carbocycles. The van der Waals surface area contributed by atoms with Crippen molar-refractivity contribution < 1.29 is 4.79 Å². The van der Waals surface area contributed by atoms with E-state index in [0.717, 1.165) is 17.2 Å². The zero-order chi connectivity index (χ0) is 11.1. The van der Waals surface area contributed by atoms with E-state index in [1.165, 1.54) is 11.8 Å². The van der Waals surface area contributed by atoms with Crippen LogP contribution in [0.15, 0.2) is 42.5 Å². The topological polar surface area (TPSA) is 17.1 Å². The lowest BCUT2D eigenvalue weighted by molar-refractivity contribution is 0.112. The molecule has 0 spiro atoms. The highest BCUT2D eigenvalue weighted by Crippen LogP contribution is 2.14. The molecule has 0 fully saturated rings. The summed E-state index contributed by atoms with van der Waals surface area (Å²) in [7, 11) is 0. The van der Waals surface area contributed by atoms with Gasteiger partial charge in [-0.15, -0.1) is 0 Å². The molecule has 0 atom stereocenters. The van der Waals surface area contributed by atoms with Crippen molar-refractivity contribution in [2.45, 2.75) is 20.3 Å². The van der Waals surface area contributed by atoms with Gasteiger partial charge in [0.25, 0.3) is 0 Å². The average molecular weight is 200 g/mol. The van der Waals surface area contributed by atoms with E-state index >= 15 is 0 Å². The quantitative estimate of drug-likeness (QED) is 0.634. The third-order valence-electron chi connectivity index (χ3n) is 1.91. The summed E-state index contributed by atoms with van der Waals surface area (Å²) in [5.41, 5.74) is 0.730. The zero-order valence-corrected chi connectivity index (χ0v) is 9.23. The van der Waals surface area contributed by atoms with Crippen molar-refractivity contribution in [2.24, 2.45) is 0 Å². The summed E-state index contributed by atoms with van der Waals surface area (Å²) >= 11 is 0. The van der Waals surface area contributed by atoms with Gasteiger partial charge in [0.15, 0.2) is 0 Å². The predicted octanol–water partition coefficient (Wildman–Crippen LogP) is 4.07. The molecule has 0 heterocycles. The maximum Gasteiger partial charge on any atom is 0.150 e. The Morgan fingerprint density at radius 1 is 1.00 bits per heavy atom. The minimum absolute atomic E-state index is 0.730. The standard InChI is InChI=1S/C11H8O.C3H8/c12-8-9-5-6-10-3-1-2-4-11(10)7-9;1-3-2/h1-8H;3H2,1-2H3. The van der Waals surface area contributed by atoms with Crippen molar-refractivity contribution in [3.63, 3.8) is 0 Å². The summed E-state index contributed by atoms with van der Waals surface area (Å²) in [6.45, 7) is 4.25. The monoisotopic (exact) mass is 200 g/mol. The van der Waals surface area contributed by atoms with Crippen LogP contribution in [0.5, 0.6) is 0 Å². The molecule has 0 aromatic heterocycles. The molecule has 0 bridgehead atoms. The van der Waals surface area contributed by atoms with Gasteiger partial charge in [0, 0.05) is 5.56 Å². The number of aldehydes is 1. The molecular weight excluding hydrogens is 184 g/mol. The van der Waals surface area contributed by atoms with Crippen LogP contribution in [0.2, 0.25) is 0 Å². The van der Waals surface area contributed by atoms with Gasteiger partial charge >= 0.3 is 0 Å². The first-order chi connectivity index (χ1) is 7.31. The molecule has 0 saturated heterocycles. The van der Waals surface area contributed by atoms with Gasteiger partial charge in [-0.2, -0.15) is 0 Å².